The van der Waals surface area contributed by atoms with Crippen LogP contribution < -0.4 is 25.6 Å². The first-order chi connectivity index (χ1) is 18.7. The largest absolute Gasteiger partial charge is 0.485 e. The number of carbonyl (C=O) groups excluding carboxylic acids is 2. The third kappa shape index (κ3) is 4.59. The lowest BCUT2D eigenvalue weighted by Gasteiger charge is -2.55. The summed E-state index contributed by atoms with van der Waals surface area (Å²) in [4.78, 5) is 28.8. The number of benzene rings is 2. The zero-order valence-corrected chi connectivity index (χ0v) is 23.1. The van der Waals surface area contributed by atoms with Crippen molar-refractivity contribution in [2.75, 3.05) is 13.6 Å². The van der Waals surface area contributed by atoms with Crippen LogP contribution in [0.4, 0.5) is 4.79 Å². The summed E-state index contributed by atoms with van der Waals surface area (Å²) in [6.07, 6.45) is 7.17. The van der Waals surface area contributed by atoms with E-state index in [2.05, 4.69) is 46.3 Å². The van der Waals surface area contributed by atoms with E-state index in [-0.39, 0.29) is 23.0 Å². The summed E-state index contributed by atoms with van der Waals surface area (Å²) in [7, 11) is 2.22. The molecule has 3 unspecified atom stereocenters. The number of hydrogen-bond donors (Lipinski definition) is 3. The molecule has 206 valence electrons. The summed E-state index contributed by atoms with van der Waals surface area (Å²) in [5.41, 5.74) is 8.78. The lowest BCUT2D eigenvalue weighted by molar-refractivity contribution is -0.124. The Labute approximate surface area is 230 Å². The van der Waals surface area contributed by atoms with Crippen LogP contribution in [0.1, 0.15) is 50.3 Å². The minimum atomic E-state index is -0.828. The topological polar surface area (TPSA) is 91.9 Å². The number of piperidine rings is 1. The van der Waals surface area contributed by atoms with Gasteiger partial charge in [0.25, 0.3) is 5.91 Å². The van der Waals surface area contributed by atoms with E-state index >= 15 is 0 Å². The predicted molar refractivity (Wildman–Crippen MR) is 149 cm³/mol. The number of nitrogens with one attached hydrogen (secondary N) is 3. The van der Waals surface area contributed by atoms with Gasteiger partial charge in [0.05, 0.1) is 0 Å². The van der Waals surface area contributed by atoms with Crippen LogP contribution in [0.15, 0.2) is 54.6 Å². The number of likely N-dealkylation sites (N-methyl/N-ethyl adjacent to an activating group) is 1. The number of hydrogen-bond acceptors (Lipinski definition) is 6. The minimum absolute atomic E-state index is 0.0469. The van der Waals surface area contributed by atoms with Gasteiger partial charge in [0.2, 0.25) is 0 Å². The quantitative estimate of drug-likeness (QED) is 0.390. The zero-order chi connectivity index (χ0) is 27.4. The molecule has 39 heavy (non-hydrogen) atoms. The SMILES string of the molecule is CN1CC[C@]23c4c5ccc(OC(=O)NC(Cc6ccccc6)C(=O)NNC(C)(C)C)c4O[C@H]2CC=CC3C1C5. The highest BCUT2D eigenvalue weighted by Crippen LogP contribution is 2.62. The monoisotopic (exact) mass is 530 g/mol. The van der Waals surface area contributed by atoms with Crippen molar-refractivity contribution in [3.8, 4) is 11.5 Å². The molecule has 2 aromatic rings. The molecular weight excluding hydrogens is 492 g/mol. The normalized spacial score (nSPS) is 27.2. The van der Waals surface area contributed by atoms with E-state index < -0.39 is 12.1 Å². The van der Waals surface area contributed by atoms with Crippen molar-refractivity contribution < 1.29 is 19.1 Å². The van der Waals surface area contributed by atoms with Crippen molar-refractivity contribution in [1.29, 1.82) is 0 Å². The van der Waals surface area contributed by atoms with E-state index in [1.54, 1.807) is 0 Å². The van der Waals surface area contributed by atoms with Gasteiger partial charge in [0.1, 0.15) is 12.1 Å². The Morgan fingerprint density at radius 3 is 2.74 bits per heavy atom. The third-order valence-corrected chi connectivity index (χ3v) is 8.74. The highest BCUT2D eigenvalue weighted by atomic mass is 16.6. The Morgan fingerprint density at radius 2 is 1.97 bits per heavy atom. The second kappa shape index (κ2) is 9.68. The Balaban J connectivity index is 1.24. The van der Waals surface area contributed by atoms with Crippen LogP contribution in [0, 0.1) is 5.92 Å². The molecule has 1 fully saturated rings. The van der Waals surface area contributed by atoms with Gasteiger partial charge in [0.15, 0.2) is 11.5 Å². The summed E-state index contributed by atoms with van der Waals surface area (Å²) >= 11 is 0. The number of likely N-dealkylation sites (tertiary alicyclic amines) is 1. The molecule has 2 aliphatic carbocycles. The lowest BCUT2D eigenvalue weighted by atomic mass is 9.54. The van der Waals surface area contributed by atoms with Gasteiger partial charge in [-0.3, -0.25) is 10.2 Å². The smallest absolute Gasteiger partial charge is 0.413 e. The number of carbonyl (C=O) groups is 2. The first-order valence-electron chi connectivity index (χ1n) is 13.9. The first-order valence-corrected chi connectivity index (χ1v) is 13.9. The predicted octanol–water partition coefficient (Wildman–Crippen LogP) is 3.64. The molecule has 2 heterocycles. The number of hydrazine groups is 1. The van der Waals surface area contributed by atoms with E-state index in [1.165, 1.54) is 11.1 Å². The van der Waals surface area contributed by atoms with Crippen molar-refractivity contribution in [3.05, 3.63) is 71.3 Å². The fraction of sp³-hybridized carbons (Fsp3) is 0.484. The molecule has 2 aromatic carbocycles. The summed E-state index contributed by atoms with van der Waals surface area (Å²) in [6, 6.07) is 13.2. The molecule has 4 aliphatic rings. The molecule has 1 spiro atoms. The molecule has 0 aromatic heterocycles. The number of amides is 2. The van der Waals surface area contributed by atoms with Crippen LogP contribution in [0.25, 0.3) is 0 Å². The van der Waals surface area contributed by atoms with Crippen LogP contribution in [0.2, 0.25) is 0 Å². The van der Waals surface area contributed by atoms with Gasteiger partial charge in [0, 0.05) is 41.3 Å². The molecule has 6 rings (SSSR count). The summed E-state index contributed by atoms with van der Waals surface area (Å²) in [5.74, 6) is 1.16. The number of ether oxygens (including phenoxy) is 2. The maximum Gasteiger partial charge on any atom is 0.413 e. The van der Waals surface area contributed by atoms with Crippen molar-refractivity contribution in [2.45, 2.75) is 75.6 Å². The van der Waals surface area contributed by atoms with Gasteiger partial charge in [-0.1, -0.05) is 48.6 Å². The molecule has 1 saturated heterocycles. The molecule has 3 N–H and O–H groups in total. The molecule has 5 atom stereocenters. The molecule has 2 aliphatic heterocycles. The summed E-state index contributed by atoms with van der Waals surface area (Å²) < 4.78 is 12.5. The first kappa shape index (κ1) is 25.9. The minimum Gasteiger partial charge on any atom is -0.485 e. The molecular formula is C31H38N4O4. The molecule has 0 saturated carbocycles. The summed E-state index contributed by atoms with van der Waals surface area (Å²) in [5, 5.41) is 2.80. The maximum absolute atomic E-state index is 13.2. The van der Waals surface area contributed by atoms with Crippen molar-refractivity contribution in [1.82, 2.24) is 21.1 Å². The highest BCUT2D eigenvalue weighted by Gasteiger charge is 2.62. The van der Waals surface area contributed by atoms with E-state index in [0.717, 1.165) is 31.4 Å². The van der Waals surface area contributed by atoms with E-state index in [4.69, 9.17) is 9.47 Å². The van der Waals surface area contributed by atoms with Crippen molar-refractivity contribution in [3.63, 3.8) is 0 Å². The lowest BCUT2D eigenvalue weighted by Crippen LogP contribution is -2.62. The zero-order valence-electron chi connectivity index (χ0n) is 23.1. The van der Waals surface area contributed by atoms with Crippen LogP contribution in [-0.4, -0.2) is 54.2 Å². The second-order valence-corrected chi connectivity index (χ2v) is 12.4. The van der Waals surface area contributed by atoms with Crippen LogP contribution in [0.3, 0.4) is 0 Å². The Morgan fingerprint density at radius 1 is 1.18 bits per heavy atom. The van der Waals surface area contributed by atoms with Crippen LogP contribution >= 0.6 is 0 Å². The third-order valence-electron chi connectivity index (χ3n) is 8.74. The van der Waals surface area contributed by atoms with E-state index in [1.807, 2.05) is 57.2 Å². The summed E-state index contributed by atoms with van der Waals surface area (Å²) in [6.45, 7) is 6.87. The van der Waals surface area contributed by atoms with Crippen molar-refractivity contribution in [2.24, 2.45) is 5.92 Å². The van der Waals surface area contributed by atoms with Crippen LogP contribution in [0.5, 0.6) is 11.5 Å². The van der Waals surface area contributed by atoms with Gasteiger partial charge < -0.3 is 19.7 Å². The second-order valence-electron chi connectivity index (χ2n) is 12.4. The maximum atomic E-state index is 13.2. The Kier molecular flexibility index (Phi) is 6.43. The number of nitrogens with zero attached hydrogens (tertiary/aromatic N) is 1. The van der Waals surface area contributed by atoms with Crippen molar-refractivity contribution >= 4 is 12.0 Å². The Hall–Kier alpha value is -3.36. The molecule has 8 nitrogen and oxygen atoms in total. The van der Waals surface area contributed by atoms with Gasteiger partial charge in [-0.2, -0.15) is 0 Å². The van der Waals surface area contributed by atoms with Gasteiger partial charge in [-0.15, -0.1) is 0 Å². The van der Waals surface area contributed by atoms with Gasteiger partial charge in [-0.25, -0.2) is 10.2 Å². The fourth-order valence-electron chi connectivity index (χ4n) is 6.95. The average molecular weight is 531 g/mol. The highest BCUT2D eigenvalue weighted by molar-refractivity contribution is 5.86. The number of rotatable bonds is 6. The molecule has 2 bridgehead atoms. The van der Waals surface area contributed by atoms with Gasteiger partial charge >= 0.3 is 6.09 Å². The molecule has 0 radical (unpaired) electrons. The van der Waals surface area contributed by atoms with E-state index in [9.17, 15) is 9.59 Å². The van der Waals surface area contributed by atoms with Gasteiger partial charge in [-0.05, 0) is 64.4 Å². The molecule has 8 heteroatoms. The van der Waals surface area contributed by atoms with Crippen LogP contribution in [-0.2, 0) is 23.1 Å². The standard InChI is InChI=1S/C31H38N4O4/c1-30(2,3)34-33-28(36)22(17-19-9-6-5-7-10-19)32-29(37)38-24-14-13-20-18-23-21-11-8-12-25-31(21,15-16-35(23)4)26(20)27(24)39-25/h5-11,13-14,21-23,25,34H,12,15-18H2,1-4H3,(H,32,37)(H,33,36)/t21?,22?,23?,25-,31+/m0/s1. The average Bonchev–Trinajstić information content (AvgIpc) is 3.25. The van der Waals surface area contributed by atoms with E-state index in [0.29, 0.717) is 29.9 Å². The fourth-order valence-corrected chi connectivity index (χ4v) is 6.95. The Bertz CT molecular complexity index is 1300. The molecule has 2 amide bonds.